The highest BCUT2D eigenvalue weighted by atomic mass is 32.2. The number of carbonyl (C=O) groups is 1. The third-order valence-corrected chi connectivity index (χ3v) is 5.11. The Hall–Kier alpha value is -2.39. The molecule has 24 heavy (non-hydrogen) atoms. The van der Waals surface area contributed by atoms with Crippen LogP contribution in [0.2, 0.25) is 0 Å². The van der Waals surface area contributed by atoms with Crippen molar-refractivity contribution >= 4 is 16.0 Å². The third-order valence-electron chi connectivity index (χ3n) is 3.31. The first-order chi connectivity index (χ1) is 11.4. The fraction of sp³-hybridized carbons (Fsp3) is 0.333. The van der Waals surface area contributed by atoms with E-state index >= 15 is 0 Å². The average Bonchev–Trinajstić information content (AvgIpc) is 3.04. The van der Waals surface area contributed by atoms with Crippen molar-refractivity contribution in [3.63, 3.8) is 0 Å². The molecule has 0 bridgehead atoms. The number of carboxylic acid groups (broad SMARTS) is 1. The molecule has 0 fully saturated rings. The SMILES string of the molecule is CCCN(CC(=O)O)S(=O)(=O)c1cnn(-c2ccccc2OC)c1. The molecule has 1 aromatic heterocycles. The molecule has 1 aromatic carbocycles. The topological polar surface area (TPSA) is 102 Å². The molecule has 1 heterocycles. The van der Waals surface area contributed by atoms with E-state index < -0.39 is 22.5 Å². The molecule has 8 nitrogen and oxygen atoms in total. The predicted octanol–water partition coefficient (Wildman–Crippen LogP) is 1.37. The summed E-state index contributed by atoms with van der Waals surface area (Å²) in [5, 5.41) is 13.0. The van der Waals surface area contributed by atoms with Crippen molar-refractivity contribution in [2.24, 2.45) is 0 Å². The van der Waals surface area contributed by atoms with Crippen molar-refractivity contribution in [1.29, 1.82) is 0 Å². The van der Waals surface area contributed by atoms with Crippen LogP contribution in [0.1, 0.15) is 13.3 Å². The van der Waals surface area contributed by atoms with Gasteiger partial charge in [-0.15, -0.1) is 0 Å². The summed E-state index contributed by atoms with van der Waals surface area (Å²) in [5.74, 6) is -0.662. The number of hydrogen-bond donors (Lipinski definition) is 1. The Morgan fingerprint density at radius 2 is 2.08 bits per heavy atom. The molecule has 0 saturated heterocycles. The van der Waals surface area contributed by atoms with Crippen molar-refractivity contribution in [3.8, 4) is 11.4 Å². The monoisotopic (exact) mass is 353 g/mol. The number of sulfonamides is 1. The summed E-state index contributed by atoms with van der Waals surface area (Å²) in [7, 11) is -2.43. The number of methoxy groups -OCH3 is 1. The minimum atomic E-state index is -3.94. The molecule has 0 unspecified atom stereocenters. The Morgan fingerprint density at radius 3 is 2.71 bits per heavy atom. The van der Waals surface area contributed by atoms with Gasteiger partial charge in [0.25, 0.3) is 0 Å². The van der Waals surface area contributed by atoms with Crippen molar-refractivity contribution in [2.75, 3.05) is 20.2 Å². The zero-order chi connectivity index (χ0) is 17.7. The normalized spacial score (nSPS) is 11.6. The smallest absolute Gasteiger partial charge is 0.318 e. The number of rotatable bonds is 8. The van der Waals surface area contributed by atoms with Crippen LogP contribution in [0.4, 0.5) is 0 Å². The number of para-hydroxylation sites is 2. The maximum absolute atomic E-state index is 12.6. The molecule has 2 aromatic rings. The van der Waals surface area contributed by atoms with Crippen LogP contribution in [0.15, 0.2) is 41.6 Å². The number of aliphatic carboxylic acids is 1. The maximum Gasteiger partial charge on any atom is 0.318 e. The number of hydrogen-bond acceptors (Lipinski definition) is 5. The molecule has 9 heteroatoms. The minimum Gasteiger partial charge on any atom is -0.494 e. The van der Waals surface area contributed by atoms with Crippen LogP contribution in [0, 0.1) is 0 Å². The lowest BCUT2D eigenvalue weighted by molar-refractivity contribution is -0.137. The Bertz CT molecular complexity index is 816. The first-order valence-electron chi connectivity index (χ1n) is 7.30. The summed E-state index contributed by atoms with van der Waals surface area (Å²) in [5.41, 5.74) is 0.585. The van der Waals surface area contributed by atoms with Gasteiger partial charge < -0.3 is 9.84 Å². The molecule has 0 spiro atoms. The second-order valence-electron chi connectivity index (χ2n) is 5.02. The molecule has 0 aliphatic carbocycles. The summed E-state index contributed by atoms with van der Waals surface area (Å²) < 4.78 is 32.8. The second-order valence-corrected chi connectivity index (χ2v) is 6.96. The van der Waals surface area contributed by atoms with E-state index in [1.807, 2.05) is 0 Å². The predicted molar refractivity (Wildman–Crippen MR) is 86.8 cm³/mol. The zero-order valence-electron chi connectivity index (χ0n) is 13.4. The highest BCUT2D eigenvalue weighted by molar-refractivity contribution is 7.89. The Labute approximate surface area is 140 Å². The summed E-state index contributed by atoms with van der Waals surface area (Å²) in [6, 6.07) is 7.04. The average molecular weight is 353 g/mol. The van der Waals surface area contributed by atoms with Crippen LogP contribution in [-0.2, 0) is 14.8 Å². The standard InChI is InChI=1S/C15H19N3O5S/c1-3-8-17(11-15(19)20)24(21,22)12-9-16-18(10-12)13-6-4-5-7-14(13)23-2/h4-7,9-10H,3,8,11H2,1-2H3,(H,19,20). The highest BCUT2D eigenvalue weighted by Crippen LogP contribution is 2.23. The Kier molecular flexibility index (Phi) is 5.58. The van der Waals surface area contributed by atoms with Gasteiger partial charge in [-0.05, 0) is 18.6 Å². The van der Waals surface area contributed by atoms with Gasteiger partial charge in [-0.2, -0.15) is 9.40 Å². The number of benzene rings is 1. The molecule has 0 amide bonds. The third kappa shape index (κ3) is 3.74. The van der Waals surface area contributed by atoms with Crippen molar-refractivity contribution in [1.82, 2.24) is 14.1 Å². The van der Waals surface area contributed by atoms with Crippen LogP contribution in [0.3, 0.4) is 0 Å². The minimum absolute atomic E-state index is 0.0666. The van der Waals surface area contributed by atoms with Crippen molar-refractivity contribution in [3.05, 3.63) is 36.7 Å². The van der Waals surface area contributed by atoms with E-state index in [9.17, 15) is 13.2 Å². The fourth-order valence-electron chi connectivity index (χ4n) is 2.22. The van der Waals surface area contributed by atoms with Crippen LogP contribution in [-0.4, -0.2) is 53.8 Å². The van der Waals surface area contributed by atoms with Crippen LogP contribution < -0.4 is 4.74 Å². The molecule has 1 N–H and O–H groups in total. The van der Waals surface area contributed by atoms with Crippen LogP contribution in [0.5, 0.6) is 5.75 Å². The molecule has 130 valence electrons. The van der Waals surface area contributed by atoms with Crippen molar-refractivity contribution < 1.29 is 23.1 Å². The first kappa shape index (κ1) is 18.0. The van der Waals surface area contributed by atoms with Gasteiger partial charge in [-0.3, -0.25) is 4.79 Å². The van der Waals surface area contributed by atoms with E-state index in [0.717, 1.165) is 4.31 Å². The molecule has 0 atom stereocenters. The number of nitrogens with zero attached hydrogens (tertiary/aromatic N) is 3. The van der Waals surface area contributed by atoms with E-state index in [1.54, 1.807) is 31.2 Å². The molecular weight excluding hydrogens is 334 g/mol. The lowest BCUT2D eigenvalue weighted by atomic mass is 10.3. The van der Waals surface area contributed by atoms with Crippen LogP contribution in [0.25, 0.3) is 5.69 Å². The summed E-state index contributed by atoms with van der Waals surface area (Å²) in [6.07, 6.45) is 3.05. The first-order valence-corrected chi connectivity index (χ1v) is 8.74. The van der Waals surface area contributed by atoms with E-state index in [4.69, 9.17) is 9.84 Å². The number of carboxylic acids is 1. The maximum atomic E-state index is 12.6. The zero-order valence-corrected chi connectivity index (χ0v) is 14.2. The van der Waals surface area contributed by atoms with Crippen LogP contribution >= 0.6 is 0 Å². The molecule has 0 radical (unpaired) electrons. The second kappa shape index (κ2) is 7.45. The van der Waals surface area contributed by atoms with E-state index in [2.05, 4.69) is 5.10 Å². The lowest BCUT2D eigenvalue weighted by Gasteiger charge is -2.18. The Morgan fingerprint density at radius 1 is 1.38 bits per heavy atom. The fourth-order valence-corrected chi connectivity index (χ4v) is 3.64. The van der Waals surface area contributed by atoms with Crippen molar-refractivity contribution in [2.45, 2.75) is 18.2 Å². The largest absolute Gasteiger partial charge is 0.494 e. The lowest BCUT2D eigenvalue weighted by Crippen LogP contribution is -2.36. The van der Waals surface area contributed by atoms with Gasteiger partial charge >= 0.3 is 5.97 Å². The van der Waals surface area contributed by atoms with Gasteiger partial charge in [-0.1, -0.05) is 19.1 Å². The van der Waals surface area contributed by atoms with Gasteiger partial charge in [0.2, 0.25) is 10.0 Å². The number of ether oxygens (including phenoxy) is 1. The summed E-state index contributed by atoms with van der Waals surface area (Å²) in [6.45, 7) is 1.31. The molecular formula is C15H19N3O5S. The quantitative estimate of drug-likeness (QED) is 0.769. The van der Waals surface area contributed by atoms with Gasteiger partial charge in [0.1, 0.15) is 22.9 Å². The van der Waals surface area contributed by atoms with Gasteiger partial charge in [-0.25, -0.2) is 13.1 Å². The van der Waals surface area contributed by atoms with Gasteiger partial charge in [0, 0.05) is 6.54 Å². The molecule has 0 aliphatic rings. The van der Waals surface area contributed by atoms with E-state index in [0.29, 0.717) is 17.9 Å². The number of aromatic nitrogens is 2. The van der Waals surface area contributed by atoms with E-state index in [1.165, 1.54) is 24.2 Å². The molecule has 2 rings (SSSR count). The molecule has 0 aliphatic heterocycles. The summed E-state index contributed by atoms with van der Waals surface area (Å²) in [4.78, 5) is 10.9. The summed E-state index contributed by atoms with van der Waals surface area (Å²) >= 11 is 0. The van der Waals surface area contributed by atoms with E-state index in [-0.39, 0.29) is 11.4 Å². The Balaban J connectivity index is 2.39. The van der Waals surface area contributed by atoms with Gasteiger partial charge in [0.05, 0.1) is 19.5 Å². The highest BCUT2D eigenvalue weighted by Gasteiger charge is 2.27. The molecule has 0 saturated carbocycles. The van der Waals surface area contributed by atoms with Gasteiger partial charge in [0.15, 0.2) is 0 Å².